The van der Waals surface area contributed by atoms with Crippen molar-refractivity contribution in [2.45, 2.75) is 62.8 Å². The molecule has 0 amide bonds. The van der Waals surface area contributed by atoms with Crippen LogP contribution < -0.4 is 9.47 Å². The van der Waals surface area contributed by atoms with Crippen LogP contribution in [0.15, 0.2) is 11.2 Å². The fraction of sp³-hybridized carbons (Fsp3) is 0.765. The van der Waals surface area contributed by atoms with Crippen LogP contribution in [0.5, 0.6) is 11.8 Å². The number of aliphatic hydroxyl groups excluding tert-OH is 1. The van der Waals surface area contributed by atoms with Crippen LogP contribution in [0.1, 0.15) is 52.4 Å². The van der Waals surface area contributed by atoms with Gasteiger partial charge in [0.1, 0.15) is 0 Å². The summed E-state index contributed by atoms with van der Waals surface area (Å²) in [6.45, 7) is 4.53. The molecule has 0 fully saturated rings. The van der Waals surface area contributed by atoms with E-state index in [1.54, 1.807) is 20.3 Å². The van der Waals surface area contributed by atoms with Crippen molar-refractivity contribution >= 4 is 11.8 Å². The lowest BCUT2D eigenvalue weighted by Crippen LogP contribution is -2.19. The van der Waals surface area contributed by atoms with Crippen LogP contribution in [0.2, 0.25) is 0 Å². The third-order valence-corrected chi connectivity index (χ3v) is 5.22. The number of unbranched alkanes of at least 4 members (excludes halogenated alkanes) is 4. The van der Waals surface area contributed by atoms with Gasteiger partial charge in [0.2, 0.25) is 11.8 Å². The molecular weight excluding hydrogens is 312 g/mol. The van der Waals surface area contributed by atoms with Crippen molar-refractivity contribution in [3.63, 3.8) is 0 Å². The summed E-state index contributed by atoms with van der Waals surface area (Å²) in [6.07, 6.45) is 7.47. The second-order valence-electron chi connectivity index (χ2n) is 5.75. The van der Waals surface area contributed by atoms with E-state index < -0.39 is 0 Å². The van der Waals surface area contributed by atoms with Crippen molar-refractivity contribution in [1.82, 2.24) is 9.97 Å². The Labute approximate surface area is 144 Å². The number of nitrogens with zero attached hydrogens (tertiary/aromatic N) is 2. The number of ether oxygens (including phenoxy) is 2. The molecule has 23 heavy (non-hydrogen) atoms. The normalized spacial score (nSPS) is 13.6. The van der Waals surface area contributed by atoms with Crippen molar-refractivity contribution in [2.75, 3.05) is 20.8 Å². The van der Waals surface area contributed by atoms with Crippen molar-refractivity contribution in [1.29, 1.82) is 0 Å². The molecule has 1 aromatic rings. The van der Waals surface area contributed by atoms with Crippen molar-refractivity contribution < 1.29 is 14.6 Å². The molecule has 0 saturated carbocycles. The summed E-state index contributed by atoms with van der Waals surface area (Å²) in [7, 11) is 3.14. The first kappa shape index (κ1) is 20.0. The van der Waals surface area contributed by atoms with Crippen molar-refractivity contribution in [3.05, 3.63) is 6.07 Å². The lowest BCUT2D eigenvalue weighted by molar-refractivity contribution is 0.264. The molecule has 1 N–H and O–H groups in total. The lowest BCUT2D eigenvalue weighted by Gasteiger charge is -2.21. The fourth-order valence-corrected chi connectivity index (χ4v) is 3.37. The van der Waals surface area contributed by atoms with Gasteiger partial charge in [-0.3, -0.25) is 0 Å². The number of hydrogen-bond donors (Lipinski definition) is 1. The molecule has 2 unspecified atom stereocenters. The molecule has 1 aromatic heterocycles. The summed E-state index contributed by atoms with van der Waals surface area (Å²) in [4.78, 5) is 8.66. The van der Waals surface area contributed by atoms with E-state index in [1.165, 1.54) is 43.9 Å². The van der Waals surface area contributed by atoms with Gasteiger partial charge in [-0.1, -0.05) is 57.7 Å². The first-order chi connectivity index (χ1) is 11.1. The van der Waals surface area contributed by atoms with Gasteiger partial charge in [-0.25, -0.2) is 0 Å². The Morgan fingerprint density at radius 1 is 1.09 bits per heavy atom. The topological polar surface area (TPSA) is 64.5 Å². The minimum atomic E-state index is 0.0815. The summed E-state index contributed by atoms with van der Waals surface area (Å²) in [5.74, 6) is 1.36. The quantitative estimate of drug-likeness (QED) is 0.352. The van der Waals surface area contributed by atoms with E-state index in [4.69, 9.17) is 9.47 Å². The Balaban J connectivity index is 2.57. The second kappa shape index (κ2) is 11.5. The highest BCUT2D eigenvalue weighted by atomic mass is 32.2. The maximum Gasteiger partial charge on any atom is 0.220 e. The number of thioether (sulfide) groups is 1. The van der Waals surface area contributed by atoms with Crippen molar-refractivity contribution in [3.8, 4) is 11.8 Å². The highest BCUT2D eigenvalue weighted by molar-refractivity contribution is 7.99. The molecule has 0 aliphatic carbocycles. The molecule has 6 heteroatoms. The predicted octanol–water partition coefficient (Wildman–Crippen LogP) is 3.94. The summed E-state index contributed by atoms with van der Waals surface area (Å²) in [5.41, 5.74) is 0. The average Bonchev–Trinajstić information content (AvgIpc) is 2.58. The Hall–Kier alpha value is -1.01. The number of rotatable bonds is 12. The molecule has 0 aromatic carbocycles. The molecule has 0 aliphatic rings. The van der Waals surface area contributed by atoms with Crippen LogP contribution in [-0.2, 0) is 0 Å². The van der Waals surface area contributed by atoms with Gasteiger partial charge in [0.25, 0.3) is 0 Å². The van der Waals surface area contributed by atoms with Gasteiger partial charge in [-0.15, -0.1) is 0 Å². The van der Waals surface area contributed by atoms with E-state index in [0.29, 0.717) is 22.8 Å². The first-order valence-electron chi connectivity index (χ1n) is 8.39. The molecule has 0 aliphatic heterocycles. The minimum absolute atomic E-state index is 0.0815. The number of aromatic nitrogens is 2. The third kappa shape index (κ3) is 7.40. The van der Waals surface area contributed by atoms with Crippen LogP contribution in [-0.4, -0.2) is 41.2 Å². The lowest BCUT2D eigenvalue weighted by atomic mass is 9.99. The largest absolute Gasteiger partial charge is 0.481 e. The SMILES string of the molecule is CCCCCCCC(C)C(CO)Sc1nc(OC)cc(OC)n1. The molecule has 1 rings (SSSR count). The molecule has 1 heterocycles. The van der Waals surface area contributed by atoms with Gasteiger partial charge >= 0.3 is 0 Å². The third-order valence-electron chi connectivity index (χ3n) is 3.91. The van der Waals surface area contributed by atoms with Gasteiger partial charge in [-0.05, 0) is 12.3 Å². The number of aliphatic hydroxyl groups is 1. The minimum Gasteiger partial charge on any atom is -0.481 e. The predicted molar refractivity (Wildman–Crippen MR) is 94.4 cm³/mol. The number of methoxy groups -OCH3 is 2. The zero-order valence-electron chi connectivity index (χ0n) is 14.7. The van der Waals surface area contributed by atoms with E-state index >= 15 is 0 Å². The maximum absolute atomic E-state index is 9.71. The standard InChI is InChI=1S/C17H30N2O3S/c1-5-6-7-8-9-10-13(2)14(12-20)23-17-18-15(21-3)11-16(19-17)22-4/h11,13-14,20H,5-10,12H2,1-4H3. The van der Waals surface area contributed by atoms with Gasteiger partial charge in [0.05, 0.1) is 26.9 Å². The van der Waals surface area contributed by atoms with Crippen LogP contribution in [0.3, 0.4) is 0 Å². The number of hydrogen-bond acceptors (Lipinski definition) is 6. The van der Waals surface area contributed by atoms with Gasteiger partial charge < -0.3 is 14.6 Å². The Morgan fingerprint density at radius 2 is 1.70 bits per heavy atom. The van der Waals surface area contributed by atoms with Crippen molar-refractivity contribution in [2.24, 2.45) is 5.92 Å². The van der Waals surface area contributed by atoms with E-state index in [2.05, 4.69) is 23.8 Å². The first-order valence-corrected chi connectivity index (χ1v) is 9.27. The molecule has 0 bridgehead atoms. The van der Waals surface area contributed by atoms with Gasteiger partial charge in [0, 0.05) is 5.25 Å². The van der Waals surface area contributed by atoms with Crippen LogP contribution in [0, 0.1) is 5.92 Å². The van der Waals surface area contributed by atoms with Gasteiger partial charge in [0.15, 0.2) is 5.16 Å². The van der Waals surface area contributed by atoms with E-state index in [0.717, 1.165) is 6.42 Å². The Morgan fingerprint density at radius 3 is 2.22 bits per heavy atom. The summed E-state index contributed by atoms with van der Waals surface area (Å²) in [5, 5.41) is 10.4. The van der Waals surface area contributed by atoms with Crippen LogP contribution in [0.4, 0.5) is 0 Å². The van der Waals surface area contributed by atoms with E-state index in [9.17, 15) is 5.11 Å². The molecular formula is C17H30N2O3S. The molecule has 132 valence electrons. The van der Waals surface area contributed by atoms with Crippen LogP contribution in [0.25, 0.3) is 0 Å². The Bertz CT molecular complexity index is 424. The zero-order chi connectivity index (χ0) is 17.1. The highest BCUT2D eigenvalue weighted by Gasteiger charge is 2.20. The zero-order valence-corrected chi connectivity index (χ0v) is 15.6. The maximum atomic E-state index is 9.71. The molecule has 0 saturated heterocycles. The molecule has 5 nitrogen and oxygen atoms in total. The molecule has 0 spiro atoms. The van der Waals surface area contributed by atoms with E-state index in [-0.39, 0.29) is 11.9 Å². The molecule has 2 atom stereocenters. The average molecular weight is 343 g/mol. The second-order valence-corrected chi connectivity index (χ2v) is 6.96. The monoisotopic (exact) mass is 342 g/mol. The summed E-state index contributed by atoms with van der Waals surface area (Å²) in [6, 6.07) is 1.65. The fourth-order valence-electron chi connectivity index (χ4n) is 2.37. The van der Waals surface area contributed by atoms with E-state index in [1.807, 2.05) is 0 Å². The smallest absolute Gasteiger partial charge is 0.220 e. The van der Waals surface area contributed by atoms with Gasteiger partial charge in [-0.2, -0.15) is 9.97 Å². The highest BCUT2D eigenvalue weighted by Crippen LogP contribution is 2.30. The summed E-state index contributed by atoms with van der Waals surface area (Å²) < 4.78 is 10.3. The van der Waals surface area contributed by atoms with Crippen LogP contribution >= 0.6 is 11.8 Å². The molecule has 0 radical (unpaired) electrons. The summed E-state index contributed by atoms with van der Waals surface area (Å²) >= 11 is 1.49. The Kier molecular flexibility index (Phi) is 10.0.